The third kappa shape index (κ3) is 6.92. The highest BCUT2D eigenvalue weighted by Gasteiger charge is 2.07. The molecular weight excluding hydrogens is 265 g/mol. The van der Waals surface area contributed by atoms with E-state index in [1.807, 2.05) is 0 Å². The maximum absolute atomic E-state index is 2.47. The van der Waals surface area contributed by atoms with Crippen LogP contribution in [0.15, 0.2) is 24.3 Å². The Kier molecular flexibility index (Phi) is 11.0. The van der Waals surface area contributed by atoms with Gasteiger partial charge in [-0.2, -0.15) is 0 Å². The van der Waals surface area contributed by atoms with Crippen LogP contribution in [0.1, 0.15) is 38.8 Å². The predicted molar refractivity (Wildman–Crippen MR) is 95.6 cm³/mol. The molecule has 3 heteroatoms. The van der Waals surface area contributed by atoms with Crippen molar-refractivity contribution in [1.29, 1.82) is 0 Å². The fourth-order valence-electron chi connectivity index (χ4n) is 2.24. The molecule has 0 N–H and O–H groups in total. The van der Waals surface area contributed by atoms with Crippen molar-refractivity contribution in [2.75, 3.05) is 24.6 Å². The summed E-state index contributed by atoms with van der Waals surface area (Å²) in [5.41, 5.74) is 3.15. The Bertz CT molecular complexity index is 304. The minimum atomic E-state index is 0. The van der Waals surface area contributed by atoms with Gasteiger partial charge in [-0.1, -0.05) is 52.0 Å². The Balaban J connectivity index is 0.00000324. The van der Waals surface area contributed by atoms with E-state index in [1.54, 1.807) is 11.1 Å². The summed E-state index contributed by atoms with van der Waals surface area (Å²) < 4.78 is 0. The molecule has 1 rings (SSSR count). The van der Waals surface area contributed by atoms with Crippen molar-refractivity contribution >= 4 is 24.3 Å². The lowest BCUT2D eigenvalue weighted by molar-refractivity contribution is 1.26. The summed E-state index contributed by atoms with van der Waals surface area (Å²) in [6.45, 7) is 9.36. The predicted octanol–water partition coefficient (Wildman–Crippen LogP) is 5.35. The van der Waals surface area contributed by atoms with Gasteiger partial charge in [0.1, 0.15) is 0 Å². The molecule has 0 nitrogen and oxygen atoms in total. The molecule has 0 spiro atoms. The molecule has 0 unspecified atom stereocenters. The van der Waals surface area contributed by atoms with Crippen molar-refractivity contribution in [3.63, 3.8) is 0 Å². The minimum Gasteiger partial charge on any atom is -0.103 e. The second-order valence-electron chi connectivity index (χ2n) is 4.74. The summed E-state index contributed by atoms with van der Waals surface area (Å²) in [5.74, 6) is 0. The average molecular weight is 293 g/mol. The molecular formula is C16H28BP2. The summed E-state index contributed by atoms with van der Waals surface area (Å²) in [4.78, 5) is 0. The van der Waals surface area contributed by atoms with Crippen LogP contribution in [0.25, 0.3) is 0 Å². The van der Waals surface area contributed by atoms with Crippen LogP contribution >= 0.6 is 15.8 Å². The summed E-state index contributed by atoms with van der Waals surface area (Å²) in [6.07, 6.45) is 8.12. The molecule has 0 heterocycles. The molecule has 1 aromatic rings. The maximum Gasteiger partial charge on any atom is 0 e. The molecule has 0 aliphatic heterocycles. The van der Waals surface area contributed by atoms with Gasteiger partial charge in [0, 0.05) is 8.41 Å². The van der Waals surface area contributed by atoms with Crippen LogP contribution in [0.3, 0.4) is 0 Å². The third-order valence-electron chi connectivity index (χ3n) is 3.59. The fourth-order valence-corrected chi connectivity index (χ4v) is 5.45. The minimum absolute atomic E-state index is 0. The third-order valence-corrected chi connectivity index (χ3v) is 8.80. The van der Waals surface area contributed by atoms with Gasteiger partial charge in [-0.3, -0.25) is 0 Å². The van der Waals surface area contributed by atoms with E-state index in [4.69, 9.17) is 0 Å². The van der Waals surface area contributed by atoms with E-state index in [0.717, 1.165) is 0 Å². The Morgan fingerprint density at radius 2 is 1.11 bits per heavy atom. The van der Waals surface area contributed by atoms with Gasteiger partial charge < -0.3 is 0 Å². The zero-order valence-electron chi connectivity index (χ0n) is 13.0. The van der Waals surface area contributed by atoms with Crippen LogP contribution in [-0.2, 0) is 12.3 Å². The van der Waals surface area contributed by atoms with Gasteiger partial charge in [-0.25, -0.2) is 0 Å². The molecule has 105 valence electrons. The highest BCUT2D eigenvalue weighted by Crippen LogP contribution is 2.41. The zero-order chi connectivity index (χ0) is 13.4. The first-order valence-electron chi connectivity index (χ1n) is 7.25. The normalized spacial score (nSPS) is 10.8. The first-order chi connectivity index (χ1) is 8.73. The van der Waals surface area contributed by atoms with E-state index >= 15 is 0 Å². The molecule has 3 radical (unpaired) electrons. The molecule has 0 amide bonds. The summed E-state index contributed by atoms with van der Waals surface area (Å²) in [5, 5.41) is 0. The van der Waals surface area contributed by atoms with Gasteiger partial charge in [0.25, 0.3) is 0 Å². The number of rotatable bonds is 8. The maximum atomic E-state index is 2.47. The van der Waals surface area contributed by atoms with E-state index in [1.165, 1.54) is 37.0 Å². The Hall–Kier alpha value is 0.145. The lowest BCUT2D eigenvalue weighted by Crippen LogP contribution is -1.93. The van der Waals surface area contributed by atoms with E-state index in [9.17, 15) is 0 Å². The Morgan fingerprint density at radius 1 is 0.737 bits per heavy atom. The Labute approximate surface area is 124 Å². The quantitative estimate of drug-likeness (QED) is 0.448. The number of hydrogen-bond acceptors (Lipinski definition) is 0. The first kappa shape index (κ1) is 19.1. The standard InChI is InChI=1S/C16H28P2.B/c1-5-17(6-2)13-15-10-9-11-16(12-15)14-18(7-3)8-4;/h9-12H,5-8,13-14H2,1-4H3;. The van der Waals surface area contributed by atoms with Gasteiger partial charge in [-0.15, -0.1) is 15.8 Å². The monoisotopic (exact) mass is 293 g/mol. The molecule has 0 aliphatic carbocycles. The zero-order valence-corrected chi connectivity index (χ0v) is 14.8. The van der Waals surface area contributed by atoms with E-state index in [2.05, 4.69) is 52.0 Å². The highest BCUT2D eigenvalue weighted by atomic mass is 31.1. The molecule has 1 aromatic carbocycles. The van der Waals surface area contributed by atoms with E-state index < -0.39 is 0 Å². The van der Waals surface area contributed by atoms with Crippen molar-refractivity contribution in [2.45, 2.75) is 40.0 Å². The smallest absolute Gasteiger partial charge is 0 e. The summed E-state index contributed by atoms with van der Waals surface area (Å²) in [6, 6.07) is 9.39. The number of hydrogen-bond donors (Lipinski definition) is 0. The molecule has 0 fully saturated rings. The lowest BCUT2D eigenvalue weighted by atomic mass is 10.2. The van der Waals surface area contributed by atoms with Gasteiger partial charge in [0.2, 0.25) is 0 Å². The molecule has 0 aliphatic rings. The van der Waals surface area contributed by atoms with Gasteiger partial charge >= 0.3 is 0 Å². The van der Waals surface area contributed by atoms with Crippen LogP contribution in [0.4, 0.5) is 0 Å². The SMILES string of the molecule is CCP(CC)Cc1cccc(CP(CC)CC)c1.[B]. The van der Waals surface area contributed by atoms with Crippen molar-refractivity contribution in [2.24, 2.45) is 0 Å². The molecule has 0 atom stereocenters. The second-order valence-corrected chi connectivity index (χ2v) is 10.6. The van der Waals surface area contributed by atoms with Crippen LogP contribution < -0.4 is 0 Å². The largest absolute Gasteiger partial charge is 0.103 e. The summed E-state index contributed by atoms with van der Waals surface area (Å²) in [7, 11) is 0.466. The van der Waals surface area contributed by atoms with Crippen molar-refractivity contribution < 1.29 is 0 Å². The van der Waals surface area contributed by atoms with Crippen LogP contribution in [0.2, 0.25) is 0 Å². The summed E-state index contributed by atoms with van der Waals surface area (Å²) >= 11 is 0. The van der Waals surface area contributed by atoms with Gasteiger partial charge in [0.05, 0.1) is 0 Å². The molecule has 0 bridgehead atoms. The Morgan fingerprint density at radius 3 is 1.42 bits per heavy atom. The molecule has 19 heavy (non-hydrogen) atoms. The van der Waals surface area contributed by atoms with Gasteiger partial charge in [-0.05, 0) is 48.1 Å². The molecule has 0 aromatic heterocycles. The molecule has 0 saturated carbocycles. The average Bonchev–Trinajstić information content (AvgIpc) is 2.42. The van der Waals surface area contributed by atoms with Crippen molar-refractivity contribution in [3.05, 3.63) is 35.4 Å². The van der Waals surface area contributed by atoms with Crippen molar-refractivity contribution in [3.8, 4) is 0 Å². The van der Waals surface area contributed by atoms with Crippen LogP contribution in [0, 0.1) is 0 Å². The van der Waals surface area contributed by atoms with Crippen LogP contribution in [-0.4, -0.2) is 33.1 Å². The van der Waals surface area contributed by atoms with Gasteiger partial charge in [0.15, 0.2) is 0 Å². The van der Waals surface area contributed by atoms with Crippen LogP contribution in [0.5, 0.6) is 0 Å². The topological polar surface area (TPSA) is 0 Å². The molecule has 0 saturated heterocycles. The lowest BCUT2D eigenvalue weighted by Gasteiger charge is -2.16. The fraction of sp³-hybridized carbons (Fsp3) is 0.625. The first-order valence-corrected chi connectivity index (χ1v) is 11.0. The highest BCUT2D eigenvalue weighted by molar-refractivity contribution is 7.57. The number of benzene rings is 1. The second kappa shape index (κ2) is 10.9. The van der Waals surface area contributed by atoms with E-state index in [0.29, 0.717) is 0 Å². The van der Waals surface area contributed by atoms with E-state index in [-0.39, 0.29) is 24.3 Å². The van der Waals surface area contributed by atoms with Crippen molar-refractivity contribution in [1.82, 2.24) is 0 Å².